The Morgan fingerprint density at radius 3 is 2.25 bits per heavy atom. The van der Waals surface area contributed by atoms with Gasteiger partial charge in [0.2, 0.25) is 0 Å². The summed E-state index contributed by atoms with van der Waals surface area (Å²) in [5, 5.41) is 0. The number of rotatable bonds is 4. The first-order chi connectivity index (χ1) is 7.42. The van der Waals surface area contributed by atoms with E-state index in [9.17, 15) is 8.42 Å². The summed E-state index contributed by atoms with van der Waals surface area (Å²) >= 11 is 0. The van der Waals surface area contributed by atoms with Gasteiger partial charge in [0, 0.05) is 0 Å². The van der Waals surface area contributed by atoms with Crippen LogP contribution in [-0.4, -0.2) is 33.4 Å². The molecule has 0 bridgehead atoms. The maximum absolute atomic E-state index is 11.7. The van der Waals surface area contributed by atoms with Crippen molar-refractivity contribution in [2.45, 2.75) is 11.8 Å². The Labute approximate surface area is 95.8 Å². The first-order valence-electron chi connectivity index (χ1n) is 4.75. The summed E-state index contributed by atoms with van der Waals surface area (Å²) in [6, 6.07) is 6.64. The molecule has 5 nitrogen and oxygen atoms in total. The molecule has 16 heavy (non-hydrogen) atoms. The fourth-order valence-electron chi connectivity index (χ4n) is 1.01. The third-order valence-electron chi connectivity index (χ3n) is 1.85. The zero-order valence-corrected chi connectivity index (χ0v) is 10.4. The van der Waals surface area contributed by atoms with Gasteiger partial charge in [-0.3, -0.25) is 4.58 Å². The van der Waals surface area contributed by atoms with Crippen molar-refractivity contribution < 1.29 is 13.0 Å². The Morgan fingerprint density at radius 2 is 1.75 bits per heavy atom. The van der Waals surface area contributed by atoms with Crippen molar-refractivity contribution in [2.75, 3.05) is 14.1 Å². The normalized spacial score (nSPS) is 10.9. The number of nitrogens with one attached hydrogen (secondary N) is 2. The standard InChI is InChI=1S/C10H15N3O2S/c1-9-4-6-10(7-5-9)16(14,15)12-11-8-13(2)3/h4-8,12H,1-3H3/p+1. The Bertz CT molecular complexity index is 473. The van der Waals surface area contributed by atoms with Crippen molar-refractivity contribution in [2.24, 2.45) is 0 Å². The van der Waals surface area contributed by atoms with Crippen LogP contribution in [0.15, 0.2) is 29.2 Å². The van der Waals surface area contributed by atoms with E-state index in [-0.39, 0.29) is 4.90 Å². The number of nitrogens with zero attached hydrogens (tertiary/aromatic N) is 1. The molecule has 1 rings (SSSR count). The minimum absolute atomic E-state index is 0.234. The molecule has 88 valence electrons. The largest absolute Gasteiger partial charge is 0.273 e. The monoisotopic (exact) mass is 242 g/mol. The van der Waals surface area contributed by atoms with Crippen molar-refractivity contribution in [3.8, 4) is 0 Å². The topological polar surface area (TPSA) is 61.2 Å². The van der Waals surface area contributed by atoms with Gasteiger partial charge in [-0.2, -0.15) is 5.43 Å². The molecule has 0 fully saturated rings. The molecule has 1 aromatic rings. The minimum Gasteiger partial charge on any atom is -0.272 e. The predicted octanol–water partition coefficient (Wildman–Crippen LogP) is 0.0783. The molecule has 1 aromatic carbocycles. The molecular weight excluding hydrogens is 226 g/mol. The lowest BCUT2D eigenvalue weighted by Gasteiger charge is -2.02. The van der Waals surface area contributed by atoms with E-state index in [1.807, 2.05) is 6.92 Å². The van der Waals surface area contributed by atoms with Crippen LogP contribution in [0.2, 0.25) is 0 Å². The Hall–Kier alpha value is -1.40. The lowest BCUT2D eigenvalue weighted by molar-refractivity contribution is -0.461. The van der Waals surface area contributed by atoms with Gasteiger partial charge in [0.05, 0.1) is 19.0 Å². The van der Waals surface area contributed by atoms with Gasteiger partial charge in [0.1, 0.15) is 0 Å². The highest BCUT2D eigenvalue weighted by atomic mass is 32.2. The van der Waals surface area contributed by atoms with Gasteiger partial charge in [-0.1, -0.05) is 22.5 Å². The molecule has 0 aliphatic heterocycles. The highest BCUT2D eigenvalue weighted by Crippen LogP contribution is 2.08. The van der Waals surface area contributed by atoms with Crippen LogP contribution >= 0.6 is 0 Å². The van der Waals surface area contributed by atoms with E-state index in [0.717, 1.165) is 5.56 Å². The molecule has 0 aliphatic rings. The summed E-state index contributed by atoms with van der Waals surface area (Å²) in [7, 11) is 0.0781. The van der Waals surface area contributed by atoms with E-state index in [0.29, 0.717) is 0 Å². The second-order valence-electron chi connectivity index (χ2n) is 3.66. The predicted molar refractivity (Wildman–Crippen MR) is 62.8 cm³/mol. The molecule has 0 radical (unpaired) electrons. The first-order valence-corrected chi connectivity index (χ1v) is 6.24. The molecule has 0 aliphatic carbocycles. The Morgan fingerprint density at radius 1 is 1.19 bits per heavy atom. The van der Waals surface area contributed by atoms with Gasteiger partial charge in [-0.05, 0) is 19.1 Å². The van der Waals surface area contributed by atoms with Crippen LogP contribution in [0, 0.1) is 6.92 Å². The molecule has 2 N–H and O–H groups in total. The summed E-state index contributed by atoms with van der Waals surface area (Å²) in [5.74, 6) is 0. The van der Waals surface area contributed by atoms with Crippen molar-refractivity contribution in [3.63, 3.8) is 0 Å². The van der Waals surface area contributed by atoms with E-state index in [1.165, 1.54) is 6.34 Å². The Kier molecular flexibility index (Phi) is 4.03. The molecule has 6 heteroatoms. The summed E-state index contributed by atoms with van der Waals surface area (Å²) in [6.45, 7) is 1.90. The molecule has 0 spiro atoms. The number of benzene rings is 1. The van der Waals surface area contributed by atoms with E-state index < -0.39 is 10.0 Å². The molecule has 0 amide bonds. The van der Waals surface area contributed by atoms with Crippen LogP contribution < -0.4 is 10.3 Å². The second kappa shape index (κ2) is 5.09. The van der Waals surface area contributed by atoms with Gasteiger partial charge in [-0.15, -0.1) is 0 Å². The minimum atomic E-state index is -3.49. The molecule has 0 saturated heterocycles. The fraction of sp³-hybridized carbons (Fsp3) is 0.300. The van der Waals surface area contributed by atoms with Crippen LogP contribution in [0.4, 0.5) is 0 Å². The fourth-order valence-corrected chi connectivity index (χ4v) is 1.83. The quantitative estimate of drug-likeness (QED) is 0.340. The third kappa shape index (κ3) is 3.63. The van der Waals surface area contributed by atoms with Crippen LogP contribution in [0.3, 0.4) is 0 Å². The molecule has 0 saturated carbocycles. The van der Waals surface area contributed by atoms with E-state index in [4.69, 9.17) is 0 Å². The first kappa shape index (κ1) is 12.7. The van der Waals surface area contributed by atoms with Gasteiger partial charge >= 0.3 is 0 Å². The van der Waals surface area contributed by atoms with Gasteiger partial charge < -0.3 is 0 Å². The van der Waals surface area contributed by atoms with Crippen LogP contribution in [0.25, 0.3) is 0 Å². The van der Waals surface area contributed by atoms with Crippen LogP contribution in [0.5, 0.6) is 0 Å². The zero-order chi connectivity index (χ0) is 12.2. The van der Waals surface area contributed by atoms with Crippen molar-refractivity contribution in [1.29, 1.82) is 0 Å². The van der Waals surface area contributed by atoms with Crippen LogP contribution in [0.1, 0.15) is 5.56 Å². The second-order valence-corrected chi connectivity index (χ2v) is 5.34. The molecule has 0 heterocycles. The lowest BCUT2D eigenvalue weighted by atomic mass is 10.2. The molecular formula is C10H16N3O2S+. The van der Waals surface area contributed by atoms with Crippen molar-refractivity contribution >= 4 is 16.4 Å². The van der Waals surface area contributed by atoms with Gasteiger partial charge in [-0.25, -0.2) is 8.42 Å². The average Bonchev–Trinajstić information content (AvgIpc) is 2.17. The summed E-state index contributed by atoms with van der Waals surface area (Å²) in [4.78, 5) is 2.49. The van der Waals surface area contributed by atoms with Crippen molar-refractivity contribution in [3.05, 3.63) is 29.8 Å². The average molecular weight is 242 g/mol. The summed E-state index contributed by atoms with van der Waals surface area (Å²) < 4.78 is 25.1. The Balaban J connectivity index is 2.78. The molecule has 0 aromatic heterocycles. The van der Waals surface area contributed by atoms with Crippen LogP contribution in [-0.2, 0) is 10.0 Å². The van der Waals surface area contributed by atoms with E-state index in [1.54, 1.807) is 42.9 Å². The zero-order valence-electron chi connectivity index (χ0n) is 9.56. The SMILES string of the molecule is Cc1ccc(S(=O)(=O)NNC=[N+](C)C)cc1. The highest BCUT2D eigenvalue weighted by Gasteiger charge is 2.14. The van der Waals surface area contributed by atoms with Crippen molar-refractivity contribution in [1.82, 2.24) is 10.3 Å². The number of hydrogen-bond donors (Lipinski definition) is 2. The molecule has 0 atom stereocenters. The maximum Gasteiger partial charge on any atom is 0.273 e. The lowest BCUT2D eigenvalue weighted by Crippen LogP contribution is -2.38. The number of sulfonamides is 1. The van der Waals surface area contributed by atoms with E-state index >= 15 is 0 Å². The van der Waals surface area contributed by atoms with E-state index in [2.05, 4.69) is 10.3 Å². The third-order valence-corrected chi connectivity index (χ3v) is 3.13. The maximum atomic E-state index is 11.7. The van der Waals surface area contributed by atoms with Gasteiger partial charge in [0.25, 0.3) is 16.4 Å². The smallest absolute Gasteiger partial charge is 0.272 e. The number of hydrazine groups is 1. The number of aryl methyl sites for hydroxylation is 1. The highest BCUT2D eigenvalue weighted by molar-refractivity contribution is 7.89. The molecule has 0 unspecified atom stereocenters. The van der Waals surface area contributed by atoms with Gasteiger partial charge in [0.15, 0.2) is 0 Å². The summed E-state index contributed by atoms with van der Waals surface area (Å²) in [6.07, 6.45) is 1.51. The summed E-state index contributed by atoms with van der Waals surface area (Å²) in [5.41, 5.74) is 3.52. The number of hydrogen-bond acceptors (Lipinski definition) is 2.